The van der Waals surface area contributed by atoms with Crippen molar-refractivity contribution in [3.63, 3.8) is 0 Å². The fourth-order valence-electron chi connectivity index (χ4n) is 1.86. The minimum absolute atomic E-state index is 0.0276. The fourth-order valence-corrected chi connectivity index (χ4v) is 1.86. The van der Waals surface area contributed by atoms with Gasteiger partial charge < -0.3 is 10.6 Å². The van der Waals surface area contributed by atoms with E-state index < -0.39 is 0 Å². The van der Waals surface area contributed by atoms with Gasteiger partial charge in [-0.25, -0.2) is 4.39 Å². The van der Waals surface area contributed by atoms with Gasteiger partial charge in [-0.15, -0.1) is 0 Å². The fraction of sp³-hybridized carbons (Fsp3) is 0.500. The molecule has 100 valence electrons. The van der Waals surface area contributed by atoms with Crippen molar-refractivity contribution in [2.75, 3.05) is 6.54 Å². The van der Waals surface area contributed by atoms with Crippen molar-refractivity contribution in [3.05, 3.63) is 35.6 Å². The molecular weight excluding hydrogens is 231 g/mol. The van der Waals surface area contributed by atoms with E-state index in [-0.39, 0.29) is 23.8 Å². The van der Waals surface area contributed by atoms with E-state index in [1.54, 1.807) is 6.07 Å². The standard InChI is InChI=1S/C14H21FN2O/c1-4-16-10(2)8-14(18)17-11(3)12-6-5-7-13(15)9-12/h5-7,9-11,16H,4,8H2,1-3H3,(H,17,18)/t10?,11-/m1/s1. The van der Waals surface area contributed by atoms with E-state index in [4.69, 9.17) is 0 Å². The molecule has 18 heavy (non-hydrogen) atoms. The van der Waals surface area contributed by atoms with Gasteiger partial charge in [0.25, 0.3) is 0 Å². The molecule has 0 heterocycles. The highest BCUT2D eigenvalue weighted by molar-refractivity contribution is 5.77. The molecule has 2 atom stereocenters. The third-order valence-electron chi connectivity index (χ3n) is 2.77. The van der Waals surface area contributed by atoms with Crippen molar-refractivity contribution in [2.24, 2.45) is 0 Å². The monoisotopic (exact) mass is 252 g/mol. The summed E-state index contributed by atoms with van der Waals surface area (Å²) in [5.74, 6) is -0.310. The summed E-state index contributed by atoms with van der Waals surface area (Å²) < 4.78 is 13.1. The lowest BCUT2D eigenvalue weighted by molar-refractivity contribution is -0.122. The van der Waals surface area contributed by atoms with Gasteiger partial charge >= 0.3 is 0 Å². The molecule has 3 nitrogen and oxygen atoms in total. The molecule has 1 aromatic carbocycles. The molecule has 1 aromatic rings. The first kappa shape index (κ1) is 14.6. The molecule has 0 radical (unpaired) electrons. The maximum absolute atomic E-state index is 13.1. The Balaban J connectivity index is 2.49. The molecule has 0 aliphatic carbocycles. The van der Waals surface area contributed by atoms with Crippen molar-refractivity contribution in [2.45, 2.75) is 39.3 Å². The molecule has 4 heteroatoms. The Morgan fingerprint density at radius 3 is 2.72 bits per heavy atom. The first-order valence-electron chi connectivity index (χ1n) is 6.31. The molecule has 0 aliphatic rings. The Bertz CT molecular complexity index is 395. The Morgan fingerprint density at radius 2 is 2.11 bits per heavy atom. The van der Waals surface area contributed by atoms with E-state index in [1.165, 1.54) is 12.1 Å². The van der Waals surface area contributed by atoms with Crippen LogP contribution in [0.4, 0.5) is 4.39 Å². The summed E-state index contributed by atoms with van der Waals surface area (Å²) in [6.45, 7) is 6.66. The summed E-state index contributed by atoms with van der Waals surface area (Å²) in [5, 5.41) is 6.04. The molecule has 0 fully saturated rings. The summed E-state index contributed by atoms with van der Waals surface area (Å²) in [6.07, 6.45) is 0.424. The molecule has 1 unspecified atom stereocenters. The smallest absolute Gasteiger partial charge is 0.222 e. The van der Waals surface area contributed by atoms with Crippen molar-refractivity contribution >= 4 is 5.91 Å². The second-order valence-corrected chi connectivity index (χ2v) is 4.51. The maximum Gasteiger partial charge on any atom is 0.222 e. The zero-order chi connectivity index (χ0) is 13.5. The summed E-state index contributed by atoms with van der Waals surface area (Å²) in [7, 11) is 0. The van der Waals surface area contributed by atoms with Crippen molar-refractivity contribution < 1.29 is 9.18 Å². The van der Waals surface area contributed by atoms with E-state index in [9.17, 15) is 9.18 Å². The lowest BCUT2D eigenvalue weighted by Gasteiger charge is -2.17. The van der Waals surface area contributed by atoms with Crippen LogP contribution in [0.5, 0.6) is 0 Å². The van der Waals surface area contributed by atoms with Gasteiger partial charge in [0.2, 0.25) is 5.91 Å². The normalized spacial score (nSPS) is 14.0. The SMILES string of the molecule is CCNC(C)CC(=O)N[C@H](C)c1cccc(F)c1. The molecule has 1 rings (SSSR count). The van der Waals surface area contributed by atoms with Crippen molar-refractivity contribution in [3.8, 4) is 0 Å². The predicted octanol–water partition coefficient (Wildman–Crippen LogP) is 2.39. The second kappa shape index (κ2) is 7.11. The average Bonchev–Trinajstić information content (AvgIpc) is 2.28. The number of carbonyl (C=O) groups excluding carboxylic acids is 1. The zero-order valence-electron chi connectivity index (χ0n) is 11.2. The van der Waals surface area contributed by atoms with E-state index >= 15 is 0 Å². The number of carbonyl (C=O) groups is 1. The molecule has 0 aromatic heterocycles. The van der Waals surface area contributed by atoms with Crippen LogP contribution in [0.25, 0.3) is 0 Å². The Morgan fingerprint density at radius 1 is 1.39 bits per heavy atom. The van der Waals surface area contributed by atoms with Gasteiger partial charge in [-0.3, -0.25) is 4.79 Å². The first-order chi connectivity index (χ1) is 8.52. The maximum atomic E-state index is 13.1. The third-order valence-corrected chi connectivity index (χ3v) is 2.77. The van der Waals surface area contributed by atoms with Crippen molar-refractivity contribution in [1.82, 2.24) is 10.6 Å². The van der Waals surface area contributed by atoms with E-state index in [0.717, 1.165) is 12.1 Å². The van der Waals surface area contributed by atoms with Crippen LogP contribution in [0.1, 0.15) is 38.8 Å². The van der Waals surface area contributed by atoms with Gasteiger partial charge in [-0.05, 0) is 38.1 Å². The molecule has 0 spiro atoms. The molecule has 2 N–H and O–H groups in total. The lowest BCUT2D eigenvalue weighted by Crippen LogP contribution is -2.34. The van der Waals surface area contributed by atoms with Crippen LogP contribution in [0, 0.1) is 5.82 Å². The highest BCUT2D eigenvalue weighted by atomic mass is 19.1. The van der Waals surface area contributed by atoms with Gasteiger partial charge in [0, 0.05) is 12.5 Å². The van der Waals surface area contributed by atoms with Crippen LogP contribution in [0.3, 0.4) is 0 Å². The zero-order valence-corrected chi connectivity index (χ0v) is 11.2. The first-order valence-corrected chi connectivity index (χ1v) is 6.31. The van der Waals surface area contributed by atoms with Gasteiger partial charge in [-0.1, -0.05) is 19.1 Å². The molecule has 1 amide bonds. The number of nitrogens with one attached hydrogen (secondary N) is 2. The second-order valence-electron chi connectivity index (χ2n) is 4.51. The number of amides is 1. The van der Waals surface area contributed by atoms with Crippen LogP contribution in [0.2, 0.25) is 0 Å². The Hall–Kier alpha value is -1.42. The van der Waals surface area contributed by atoms with Gasteiger partial charge in [0.15, 0.2) is 0 Å². The van der Waals surface area contributed by atoms with Crippen LogP contribution in [-0.2, 0) is 4.79 Å². The van der Waals surface area contributed by atoms with Crippen LogP contribution in [-0.4, -0.2) is 18.5 Å². The number of halogens is 1. The largest absolute Gasteiger partial charge is 0.350 e. The quantitative estimate of drug-likeness (QED) is 0.816. The number of rotatable bonds is 6. The van der Waals surface area contributed by atoms with Gasteiger partial charge in [0.1, 0.15) is 5.82 Å². The number of hydrogen-bond acceptors (Lipinski definition) is 2. The van der Waals surface area contributed by atoms with Gasteiger partial charge in [0.05, 0.1) is 6.04 Å². The highest BCUT2D eigenvalue weighted by Gasteiger charge is 2.12. The van der Waals surface area contributed by atoms with E-state index in [2.05, 4.69) is 10.6 Å². The number of benzene rings is 1. The minimum atomic E-state index is -0.283. The summed E-state index contributed by atoms with van der Waals surface area (Å²) in [4.78, 5) is 11.8. The topological polar surface area (TPSA) is 41.1 Å². The molecule has 0 saturated carbocycles. The molecule has 0 saturated heterocycles. The molecular formula is C14H21FN2O. The Kier molecular flexibility index (Phi) is 5.78. The predicted molar refractivity (Wildman–Crippen MR) is 70.7 cm³/mol. The summed E-state index contributed by atoms with van der Waals surface area (Å²) in [6, 6.07) is 6.26. The summed E-state index contributed by atoms with van der Waals surface area (Å²) >= 11 is 0. The molecule has 0 aliphatic heterocycles. The number of hydrogen-bond donors (Lipinski definition) is 2. The molecule has 0 bridgehead atoms. The summed E-state index contributed by atoms with van der Waals surface area (Å²) in [5.41, 5.74) is 0.777. The average molecular weight is 252 g/mol. The third kappa shape index (κ3) is 4.84. The Labute approximate surface area is 108 Å². The van der Waals surface area contributed by atoms with Crippen LogP contribution >= 0.6 is 0 Å². The minimum Gasteiger partial charge on any atom is -0.350 e. The van der Waals surface area contributed by atoms with Crippen LogP contribution in [0.15, 0.2) is 24.3 Å². The van der Waals surface area contributed by atoms with E-state index in [0.29, 0.717) is 6.42 Å². The van der Waals surface area contributed by atoms with E-state index in [1.807, 2.05) is 26.8 Å². The van der Waals surface area contributed by atoms with Gasteiger partial charge in [-0.2, -0.15) is 0 Å². The van der Waals surface area contributed by atoms with Crippen LogP contribution < -0.4 is 10.6 Å². The lowest BCUT2D eigenvalue weighted by atomic mass is 10.1. The highest BCUT2D eigenvalue weighted by Crippen LogP contribution is 2.13. The van der Waals surface area contributed by atoms with Crippen molar-refractivity contribution in [1.29, 1.82) is 0 Å².